The topological polar surface area (TPSA) is 32.8 Å². The van der Waals surface area contributed by atoms with E-state index < -0.39 is 0 Å². The molecular weight excluding hydrogens is 156 g/mol. The van der Waals surface area contributed by atoms with Crippen LogP contribution in [0.2, 0.25) is 0 Å². The third-order valence-corrected chi connectivity index (χ3v) is 1.48. The number of rotatable bonds is 4. The maximum absolute atomic E-state index is 11.2. The Balaban J connectivity index is 3.57. The van der Waals surface area contributed by atoms with Gasteiger partial charge in [0.2, 0.25) is 0 Å². The van der Waals surface area contributed by atoms with Crippen molar-refractivity contribution in [3.63, 3.8) is 0 Å². The molecule has 0 bridgehead atoms. The summed E-state index contributed by atoms with van der Waals surface area (Å²) in [5.74, 6) is 0. The van der Waals surface area contributed by atoms with E-state index in [2.05, 4.69) is 0 Å². The van der Waals surface area contributed by atoms with Gasteiger partial charge in [0.25, 0.3) is 0 Å². The lowest BCUT2D eigenvalue weighted by Crippen LogP contribution is -2.38. The standard InChI is InChI=1S/C8H18N2O2/c1-5-12-7-6-10(4)8(11)9(2)3/h5-7H2,1-4H3. The van der Waals surface area contributed by atoms with Crippen molar-refractivity contribution >= 4 is 6.03 Å². The van der Waals surface area contributed by atoms with Gasteiger partial charge in [-0.15, -0.1) is 0 Å². The van der Waals surface area contributed by atoms with Crippen molar-refractivity contribution < 1.29 is 9.53 Å². The maximum atomic E-state index is 11.2. The van der Waals surface area contributed by atoms with Gasteiger partial charge in [-0.25, -0.2) is 4.79 Å². The van der Waals surface area contributed by atoms with E-state index in [4.69, 9.17) is 4.74 Å². The van der Waals surface area contributed by atoms with Crippen LogP contribution in [0.5, 0.6) is 0 Å². The molecule has 0 aliphatic rings. The summed E-state index contributed by atoms with van der Waals surface area (Å²) in [6.45, 7) is 3.88. The van der Waals surface area contributed by atoms with Gasteiger partial charge in [-0.05, 0) is 6.92 Å². The SMILES string of the molecule is CCOCCN(C)C(=O)N(C)C. The van der Waals surface area contributed by atoms with Crippen molar-refractivity contribution in [2.45, 2.75) is 6.92 Å². The molecule has 4 heteroatoms. The Morgan fingerprint density at radius 2 is 1.92 bits per heavy atom. The lowest BCUT2D eigenvalue weighted by Gasteiger charge is -2.21. The van der Waals surface area contributed by atoms with Gasteiger partial charge in [0.1, 0.15) is 0 Å². The van der Waals surface area contributed by atoms with E-state index >= 15 is 0 Å². The molecule has 0 fully saturated rings. The highest BCUT2D eigenvalue weighted by Crippen LogP contribution is 1.90. The molecule has 0 unspecified atom stereocenters. The first-order chi connectivity index (χ1) is 5.59. The summed E-state index contributed by atoms with van der Waals surface area (Å²) >= 11 is 0. The molecule has 0 rings (SSSR count). The smallest absolute Gasteiger partial charge is 0.319 e. The molecule has 4 nitrogen and oxygen atoms in total. The molecular formula is C8H18N2O2. The number of hydrogen-bond donors (Lipinski definition) is 0. The molecule has 0 spiro atoms. The summed E-state index contributed by atoms with van der Waals surface area (Å²) in [6.07, 6.45) is 0. The van der Waals surface area contributed by atoms with Gasteiger partial charge < -0.3 is 14.5 Å². The van der Waals surface area contributed by atoms with E-state index in [1.807, 2.05) is 6.92 Å². The third-order valence-electron chi connectivity index (χ3n) is 1.48. The summed E-state index contributed by atoms with van der Waals surface area (Å²) < 4.78 is 5.12. The minimum atomic E-state index is 0.00898. The molecule has 12 heavy (non-hydrogen) atoms. The van der Waals surface area contributed by atoms with Gasteiger partial charge in [0.15, 0.2) is 0 Å². The summed E-state index contributed by atoms with van der Waals surface area (Å²) in [7, 11) is 5.24. The number of likely N-dealkylation sites (N-methyl/N-ethyl adjacent to an activating group) is 1. The fourth-order valence-electron chi connectivity index (χ4n) is 0.783. The van der Waals surface area contributed by atoms with Gasteiger partial charge in [-0.1, -0.05) is 0 Å². The first-order valence-corrected chi connectivity index (χ1v) is 4.09. The van der Waals surface area contributed by atoms with Crippen molar-refractivity contribution in [2.75, 3.05) is 40.9 Å². The fraction of sp³-hybridized carbons (Fsp3) is 0.875. The van der Waals surface area contributed by atoms with Crippen LogP contribution in [0.4, 0.5) is 4.79 Å². The molecule has 0 atom stereocenters. The second-order valence-electron chi connectivity index (χ2n) is 2.80. The number of hydrogen-bond acceptors (Lipinski definition) is 2. The van der Waals surface area contributed by atoms with Crippen molar-refractivity contribution in [3.05, 3.63) is 0 Å². The number of ether oxygens (including phenoxy) is 1. The van der Waals surface area contributed by atoms with Crippen LogP contribution in [0.3, 0.4) is 0 Å². The average molecular weight is 174 g/mol. The number of carbonyl (C=O) groups is 1. The molecule has 2 amide bonds. The second kappa shape index (κ2) is 5.83. The molecule has 0 N–H and O–H groups in total. The van der Waals surface area contributed by atoms with Crippen LogP contribution in [-0.4, -0.2) is 56.7 Å². The van der Waals surface area contributed by atoms with E-state index in [9.17, 15) is 4.79 Å². The summed E-state index contributed by atoms with van der Waals surface area (Å²) in [5.41, 5.74) is 0. The highest BCUT2D eigenvalue weighted by Gasteiger charge is 2.08. The summed E-state index contributed by atoms with van der Waals surface area (Å²) in [5, 5.41) is 0. The highest BCUT2D eigenvalue weighted by atomic mass is 16.5. The number of carbonyl (C=O) groups excluding carboxylic acids is 1. The number of nitrogens with zero attached hydrogens (tertiary/aromatic N) is 2. The van der Waals surface area contributed by atoms with E-state index in [1.165, 1.54) is 0 Å². The first kappa shape index (κ1) is 11.2. The van der Waals surface area contributed by atoms with Gasteiger partial charge in [-0.2, -0.15) is 0 Å². The molecule has 72 valence electrons. The van der Waals surface area contributed by atoms with Gasteiger partial charge in [-0.3, -0.25) is 0 Å². The van der Waals surface area contributed by atoms with Crippen molar-refractivity contribution in [2.24, 2.45) is 0 Å². The van der Waals surface area contributed by atoms with Crippen LogP contribution in [0.15, 0.2) is 0 Å². The zero-order valence-electron chi connectivity index (χ0n) is 8.33. The Kier molecular flexibility index (Phi) is 5.45. The third kappa shape index (κ3) is 4.18. The molecule has 0 radical (unpaired) electrons. The Hall–Kier alpha value is -0.770. The molecule has 0 heterocycles. The first-order valence-electron chi connectivity index (χ1n) is 4.09. The monoisotopic (exact) mass is 174 g/mol. The second-order valence-corrected chi connectivity index (χ2v) is 2.80. The van der Waals surface area contributed by atoms with Gasteiger partial charge >= 0.3 is 6.03 Å². The summed E-state index contributed by atoms with van der Waals surface area (Å²) in [6, 6.07) is 0.00898. The Morgan fingerprint density at radius 3 is 2.33 bits per heavy atom. The zero-order chi connectivity index (χ0) is 9.56. The van der Waals surface area contributed by atoms with Crippen molar-refractivity contribution in [1.82, 2.24) is 9.80 Å². The van der Waals surface area contributed by atoms with Crippen LogP contribution in [-0.2, 0) is 4.74 Å². The molecule has 0 saturated carbocycles. The average Bonchev–Trinajstić information content (AvgIpc) is 2.03. The van der Waals surface area contributed by atoms with Crippen LogP contribution < -0.4 is 0 Å². The van der Waals surface area contributed by atoms with Crippen LogP contribution in [0.25, 0.3) is 0 Å². The molecule has 0 aromatic rings. The molecule has 0 aromatic heterocycles. The predicted octanol–water partition coefficient (Wildman–Crippen LogP) is 0.636. The molecule has 0 saturated heterocycles. The molecule has 0 aromatic carbocycles. The van der Waals surface area contributed by atoms with Crippen LogP contribution in [0.1, 0.15) is 6.92 Å². The normalized spacial score (nSPS) is 9.67. The van der Waals surface area contributed by atoms with E-state index in [1.54, 1.807) is 30.9 Å². The van der Waals surface area contributed by atoms with E-state index in [0.717, 1.165) is 0 Å². The predicted molar refractivity (Wildman–Crippen MR) is 48.2 cm³/mol. The van der Waals surface area contributed by atoms with E-state index in [0.29, 0.717) is 19.8 Å². The zero-order valence-corrected chi connectivity index (χ0v) is 8.33. The van der Waals surface area contributed by atoms with Crippen LogP contribution in [0, 0.1) is 0 Å². The Bertz CT molecular complexity index is 137. The van der Waals surface area contributed by atoms with Gasteiger partial charge in [0.05, 0.1) is 6.61 Å². The highest BCUT2D eigenvalue weighted by molar-refractivity contribution is 5.73. The Morgan fingerprint density at radius 1 is 1.33 bits per heavy atom. The minimum Gasteiger partial charge on any atom is -0.380 e. The number of amides is 2. The van der Waals surface area contributed by atoms with Crippen LogP contribution >= 0.6 is 0 Å². The lowest BCUT2D eigenvalue weighted by molar-refractivity contribution is 0.119. The molecule has 0 aliphatic heterocycles. The Labute approximate surface area is 74.1 Å². The minimum absolute atomic E-state index is 0.00898. The largest absolute Gasteiger partial charge is 0.380 e. The molecule has 0 aliphatic carbocycles. The van der Waals surface area contributed by atoms with Gasteiger partial charge in [0, 0.05) is 34.3 Å². The van der Waals surface area contributed by atoms with Crippen molar-refractivity contribution in [1.29, 1.82) is 0 Å². The van der Waals surface area contributed by atoms with E-state index in [-0.39, 0.29) is 6.03 Å². The summed E-state index contributed by atoms with van der Waals surface area (Å²) in [4.78, 5) is 14.4. The fourth-order valence-corrected chi connectivity index (χ4v) is 0.783. The quantitative estimate of drug-likeness (QED) is 0.586. The van der Waals surface area contributed by atoms with Crippen molar-refractivity contribution in [3.8, 4) is 0 Å². The lowest BCUT2D eigenvalue weighted by atomic mass is 10.6. The number of urea groups is 1. The maximum Gasteiger partial charge on any atom is 0.319 e.